The summed E-state index contributed by atoms with van der Waals surface area (Å²) in [6.45, 7) is 9.40. The van der Waals surface area contributed by atoms with Crippen molar-refractivity contribution in [2.24, 2.45) is 0 Å². The fraction of sp³-hybridized carbons (Fsp3) is 0.0943. The third kappa shape index (κ3) is 4.60. The van der Waals surface area contributed by atoms with Gasteiger partial charge in [-0.1, -0.05) is 123 Å². The number of thiophene rings is 1. The summed E-state index contributed by atoms with van der Waals surface area (Å²) in [7, 11) is 0. The molecule has 0 N–H and O–H groups in total. The summed E-state index contributed by atoms with van der Waals surface area (Å²) in [6.07, 6.45) is 0. The zero-order valence-electron chi connectivity index (χ0n) is 32.2. The predicted octanol–water partition coefficient (Wildman–Crippen LogP) is 15.3. The molecule has 0 spiro atoms. The molecule has 2 nitrogen and oxygen atoms in total. The Bertz CT molecular complexity index is 3500. The molecule has 57 heavy (non-hydrogen) atoms. The third-order valence-corrected chi connectivity index (χ3v) is 15.1. The van der Waals surface area contributed by atoms with E-state index < -0.39 is 0 Å². The molecule has 1 aliphatic rings. The molecule has 3 heterocycles. The SMILES string of the molecule is Cc1ccccc1Sc1c(C)ccc2c1C(C)(C)c1c-2ccc2c3ccccc3n(-c3ccc4c(c3)c3ccccc3n4-c3ccc4sc5ccccc5c4c3)c12. The van der Waals surface area contributed by atoms with Crippen LogP contribution in [0, 0.1) is 13.8 Å². The number of hydrogen-bond acceptors (Lipinski definition) is 2. The van der Waals surface area contributed by atoms with Crippen molar-refractivity contribution in [3.05, 3.63) is 180 Å². The van der Waals surface area contributed by atoms with Crippen LogP contribution in [0.5, 0.6) is 0 Å². The van der Waals surface area contributed by atoms with Crippen LogP contribution < -0.4 is 0 Å². The maximum Gasteiger partial charge on any atom is 0.0588 e. The number of para-hydroxylation sites is 2. The summed E-state index contributed by atoms with van der Waals surface area (Å²) in [4.78, 5) is 2.69. The zero-order valence-corrected chi connectivity index (χ0v) is 33.9. The van der Waals surface area contributed by atoms with E-state index in [4.69, 9.17) is 0 Å². The first kappa shape index (κ1) is 33.1. The molecule has 12 rings (SSSR count). The van der Waals surface area contributed by atoms with E-state index >= 15 is 0 Å². The molecule has 0 fully saturated rings. The van der Waals surface area contributed by atoms with Crippen molar-refractivity contribution in [1.29, 1.82) is 0 Å². The highest BCUT2D eigenvalue weighted by Gasteiger charge is 2.41. The van der Waals surface area contributed by atoms with E-state index in [1.807, 2.05) is 23.1 Å². The van der Waals surface area contributed by atoms with Crippen LogP contribution in [0.1, 0.15) is 36.1 Å². The highest BCUT2D eigenvalue weighted by Crippen LogP contribution is 2.57. The predicted molar refractivity (Wildman–Crippen MR) is 246 cm³/mol. The van der Waals surface area contributed by atoms with Gasteiger partial charge in [-0.05, 0) is 108 Å². The molecular weight excluding hydrogens is 729 g/mol. The lowest BCUT2D eigenvalue weighted by Crippen LogP contribution is -2.18. The molecule has 3 aromatic heterocycles. The van der Waals surface area contributed by atoms with E-state index in [0.29, 0.717) is 0 Å². The lowest BCUT2D eigenvalue weighted by Gasteiger charge is -2.26. The van der Waals surface area contributed by atoms with Crippen LogP contribution in [-0.4, -0.2) is 9.13 Å². The number of rotatable bonds is 4. The zero-order chi connectivity index (χ0) is 38.2. The van der Waals surface area contributed by atoms with Crippen LogP contribution in [0.25, 0.3) is 86.3 Å². The van der Waals surface area contributed by atoms with Gasteiger partial charge in [-0.2, -0.15) is 0 Å². The van der Waals surface area contributed by atoms with Crippen molar-refractivity contribution in [1.82, 2.24) is 9.13 Å². The van der Waals surface area contributed by atoms with Crippen molar-refractivity contribution in [2.45, 2.75) is 42.9 Å². The van der Waals surface area contributed by atoms with Crippen LogP contribution in [0.4, 0.5) is 0 Å². The molecule has 0 saturated carbocycles. The highest BCUT2D eigenvalue weighted by molar-refractivity contribution is 7.99. The van der Waals surface area contributed by atoms with Crippen LogP contribution in [0.2, 0.25) is 0 Å². The Morgan fingerprint density at radius 2 is 1.05 bits per heavy atom. The first-order valence-corrected chi connectivity index (χ1v) is 21.4. The fourth-order valence-electron chi connectivity index (χ4n) is 9.98. The van der Waals surface area contributed by atoms with Gasteiger partial charge in [0.05, 0.1) is 22.1 Å². The van der Waals surface area contributed by atoms with E-state index in [2.05, 4.69) is 195 Å². The summed E-state index contributed by atoms with van der Waals surface area (Å²) in [6, 6.07) is 59.0. The third-order valence-electron chi connectivity index (χ3n) is 12.6. The molecule has 0 atom stereocenters. The molecule has 0 unspecified atom stereocenters. The molecule has 0 bridgehead atoms. The minimum atomic E-state index is -0.238. The van der Waals surface area contributed by atoms with Gasteiger partial charge < -0.3 is 9.13 Å². The molecule has 1 aliphatic carbocycles. The first-order chi connectivity index (χ1) is 27.9. The van der Waals surface area contributed by atoms with Crippen LogP contribution in [-0.2, 0) is 5.41 Å². The highest BCUT2D eigenvalue weighted by atomic mass is 32.2. The average Bonchev–Trinajstić information content (AvgIpc) is 3.94. The normalized spacial score (nSPS) is 13.5. The van der Waals surface area contributed by atoms with Crippen molar-refractivity contribution < 1.29 is 0 Å². The van der Waals surface area contributed by atoms with E-state index in [1.54, 1.807) is 0 Å². The maximum absolute atomic E-state index is 2.56. The summed E-state index contributed by atoms with van der Waals surface area (Å²) < 4.78 is 7.67. The van der Waals surface area contributed by atoms with Crippen LogP contribution in [0.3, 0.4) is 0 Å². The smallest absolute Gasteiger partial charge is 0.0588 e. The Balaban J connectivity index is 1.10. The van der Waals surface area contributed by atoms with Gasteiger partial charge in [-0.3, -0.25) is 0 Å². The Hall–Kier alpha value is -6.07. The Morgan fingerprint density at radius 3 is 1.88 bits per heavy atom. The van der Waals surface area contributed by atoms with Crippen molar-refractivity contribution >= 4 is 86.9 Å². The molecule has 0 saturated heterocycles. The average molecular weight is 767 g/mol. The molecule has 0 amide bonds. The second kappa shape index (κ2) is 12.0. The van der Waals surface area contributed by atoms with E-state index in [0.717, 1.165) is 0 Å². The minimum absolute atomic E-state index is 0.238. The monoisotopic (exact) mass is 766 g/mol. The Labute approximate surface area is 339 Å². The van der Waals surface area contributed by atoms with Gasteiger partial charge in [0.15, 0.2) is 0 Å². The van der Waals surface area contributed by atoms with Gasteiger partial charge in [-0.15, -0.1) is 11.3 Å². The number of aromatic nitrogens is 2. The number of fused-ring (bicyclic) bond motifs is 13. The molecule has 4 heteroatoms. The van der Waals surface area contributed by atoms with E-state index in [1.165, 1.54) is 118 Å². The summed E-state index contributed by atoms with van der Waals surface area (Å²) in [5.41, 5.74) is 15.3. The molecule has 11 aromatic rings. The van der Waals surface area contributed by atoms with Gasteiger partial charge in [0.2, 0.25) is 0 Å². The number of hydrogen-bond donors (Lipinski definition) is 0. The number of aryl methyl sites for hydroxylation is 2. The van der Waals surface area contributed by atoms with Gasteiger partial charge in [-0.25, -0.2) is 0 Å². The van der Waals surface area contributed by atoms with Crippen LogP contribution in [0.15, 0.2) is 168 Å². The van der Waals surface area contributed by atoms with E-state index in [9.17, 15) is 0 Å². The second-order valence-electron chi connectivity index (χ2n) is 16.2. The summed E-state index contributed by atoms with van der Waals surface area (Å²) >= 11 is 3.80. The topological polar surface area (TPSA) is 9.86 Å². The van der Waals surface area contributed by atoms with Gasteiger partial charge in [0.25, 0.3) is 0 Å². The summed E-state index contributed by atoms with van der Waals surface area (Å²) in [5, 5.41) is 7.74. The standard InChI is InChI=1S/C53H38N2S2/c1-31-13-5-11-19-46(31)57-52-32(2)21-24-39-38-25-26-40-35-14-6-10-18-44(35)55(51(40)49(38)53(3,4)50(39)52)34-22-27-45-41(29-34)36-15-7-9-17-43(36)54(45)33-23-28-48-42(30-33)37-16-8-12-20-47(37)56-48/h5-30H,1-4H3. The second-order valence-corrected chi connectivity index (χ2v) is 18.3. The minimum Gasteiger partial charge on any atom is -0.309 e. The number of nitrogens with zero attached hydrogens (tertiary/aromatic N) is 2. The Morgan fingerprint density at radius 1 is 0.456 bits per heavy atom. The van der Waals surface area contributed by atoms with Crippen LogP contribution >= 0.6 is 23.1 Å². The lowest BCUT2D eigenvalue weighted by atomic mass is 9.81. The quantitative estimate of drug-likeness (QED) is 0.173. The molecule has 272 valence electrons. The molecular formula is C53H38N2S2. The Kier molecular flexibility index (Phi) is 6.95. The summed E-state index contributed by atoms with van der Waals surface area (Å²) in [5.74, 6) is 0. The van der Waals surface area contributed by atoms with Gasteiger partial charge >= 0.3 is 0 Å². The van der Waals surface area contributed by atoms with E-state index in [-0.39, 0.29) is 5.41 Å². The van der Waals surface area contributed by atoms with Gasteiger partial charge in [0.1, 0.15) is 0 Å². The van der Waals surface area contributed by atoms with Gasteiger partial charge in [0, 0.05) is 68.3 Å². The van der Waals surface area contributed by atoms with Crippen molar-refractivity contribution in [3.63, 3.8) is 0 Å². The molecule has 8 aromatic carbocycles. The lowest BCUT2D eigenvalue weighted by molar-refractivity contribution is 0.649. The maximum atomic E-state index is 2.56. The van der Waals surface area contributed by atoms with Crippen molar-refractivity contribution in [3.8, 4) is 22.5 Å². The van der Waals surface area contributed by atoms with Crippen molar-refractivity contribution in [2.75, 3.05) is 0 Å². The largest absolute Gasteiger partial charge is 0.309 e. The molecule has 0 aliphatic heterocycles. The first-order valence-electron chi connectivity index (χ1n) is 19.8. The molecule has 0 radical (unpaired) electrons. The fourth-order valence-corrected chi connectivity index (χ4v) is 12.4. The number of benzene rings is 8.